The van der Waals surface area contributed by atoms with Crippen LogP contribution < -0.4 is 5.32 Å². The number of likely N-dealkylation sites (N-methyl/N-ethyl adjacent to an activating group) is 1. The van der Waals surface area contributed by atoms with Gasteiger partial charge in [0.25, 0.3) is 0 Å². The molecule has 3 heteroatoms. The Bertz CT molecular complexity index is 179. The van der Waals surface area contributed by atoms with Gasteiger partial charge in [-0.05, 0) is 6.92 Å². The molecule has 0 aliphatic rings. The molecule has 1 amide bonds. The van der Waals surface area contributed by atoms with Gasteiger partial charge in [0, 0.05) is 12.1 Å². The van der Waals surface area contributed by atoms with Gasteiger partial charge in [0.2, 0.25) is 5.91 Å². The van der Waals surface area contributed by atoms with Crippen molar-refractivity contribution in [3.63, 3.8) is 0 Å². The second-order valence-electron chi connectivity index (χ2n) is 1.80. The van der Waals surface area contributed by atoms with Crippen LogP contribution in [0.25, 0.3) is 0 Å². The maximum atomic E-state index is 10.8. The molecule has 0 unspecified atom stereocenters. The molecule has 0 heterocycles. The Morgan fingerprint density at radius 2 is 2.40 bits per heavy atom. The van der Waals surface area contributed by atoms with Crippen molar-refractivity contribution in [3.05, 3.63) is 12.2 Å². The van der Waals surface area contributed by atoms with Gasteiger partial charge in [-0.1, -0.05) is 6.58 Å². The number of nitriles is 1. The predicted molar refractivity (Wildman–Crippen MR) is 38.1 cm³/mol. The van der Waals surface area contributed by atoms with Gasteiger partial charge in [0.05, 0.1) is 12.5 Å². The molecule has 0 atom stereocenters. The van der Waals surface area contributed by atoms with Crippen LogP contribution in [-0.2, 0) is 4.79 Å². The largest absolute Gasteiger partial charge is 0.353 e. The molecule has 0 saturated carbocycles. The van der Waals surface area contributed by atoms with E-state index < -0.39 is 0 Å². The number of amides is 1. The zero-order valence-electron chi connectivity index (χ0n) is 5.98. The first-order valence-electron chi connectivity index (χ1n) is 3.05. The van der Waals surface area contributed by atoms with E-state index >= 15 is 0 Å². The van der Waals surface area contributed by atoms with E-state index in [1.807, 2.05) is 13.0 Å². The maximum Gasteiger partial charge on any atom is 0.247 e. The van der Waals surface area contributed by atoms with Crippen LogP contribution in [0.4, 0.5) is 0 Å². The van der Waals surface area contributed by atoms with Gasteiger partial charge >= 0.3 is 0 Å². The Morgan fingerprint density at radius 1 is 1.80 bits per heavy atom. The summed E-state index contributed by atoms with van der Waals surface area (Å²) in [4.78, 5) is 10.8. The fraction of sp³-hybridized carbons (Fsp3) is 0.429. The van der Waals surface area contributed by atoms with Crippen LogP contribution in [0.3, 0.4) is 0 Å². The van der Waals surface area contributed by atoms with Gasteiger partial charge in [-0.15, -0.1) is 0 Å². The summed E-state index contributed by atoms with van der Waals surface area (Å²) in [6, 6.07) is 1.85. The number of carbonyl (C=O) groups excluding carboxylic acids is 1. The first-order valence-corrected chi connectivity index (χ1v) is 3.05. The number of nitrogens with one attached hydrogen (secondary N) is 1. The van der Waals surface area contributed by atoms with Crippen molar-refractivity contribution in [2.45, 2.75) is 13.3 Å². The van der Waals surface area contributed by atoms with E-state index in [4.69, 9.17) is 5.26 Å². The minimum Gasteiger partial charge on any atom is -0.353 e. The lowest BCUT2D eigenvalue weighted by molar-refractivity contribution is -0.117. The Labute approximate surface area is 60.3 Å². The number of nitrogens with zero attached hydrogens (tertiary/aromatic N) is 1. The third-order valence-corrected chi connectivity index (χ3v) is 0.951. The molecule has 54 valence electrons. The molecule has 3 nitrogen and oxygen atoms in total. The van der Waals surface area contributed by atoms with Crippen molar-refractivity contribution in [2.24, 2.45) is 0 Å². The highest BCUT2D eigenvalue weighted by Crippen LogP contribution is 1.94. The molecule has 0 fully saturated rings. The van der Waals surface area contributed by atoms with E-state index in [1.54, 1.807) is 0 Å². The summed E-state index contributed by atoms with van der Waals surface area (Å²) in [5, 5.41) is 10.7. The van der Waals surface area contributed by atoms with Crippen molar-refractivity contribution in [2.75, 3.05) is 6.54 Å². The lowest BCUT2D eigenvalue weighted by Crippen LogP contribution is -2.23. The fourth-order valence-electron chi connectivity index (χ4n) is 0.461. The summed E-state index contributed by atoms with van der Waals surface area (Å²) >= 11 is 0. The van der Waals surface area contributed by atoms with E-state index in [9.17, 15) is 4.79 Å². The Kier molecular flexibility index (Phi) is 3.97. The smallest absolute Gasteiger partial charge is 0.247 e. The predicted octanol–water partition coefficient (Wildman–Crippen LogP) is 0.592. The Balaban J connectivity index is 3.74. The summed E-state index contributed by atoms with van der Waals surface area (Å²) < 4.78 is 0. The van der Waals surface area contributed by atoms with Crippen molar-refractivity contribution >= 4 is 5.91 Å². The van der Waals surface area contributed by atoms with Crippen LogP contribution in [-0.4, -0.2) is 12.5 Å². The van der Waals surface area contributed by atoms with E-state index in [0.717, 1.165) is 0 Å². The van der Waals surface area contributed by atoms with Gasteiger partial charge in [-0.2, -0.15) is 5.26 Å². The summed E-state index contributed by atoms with van der Waals surface area (Å²) in [6.07, 6.45) is 0.103. The number of rotatable bonds is 3. The molecule has 0 spiro atoms. The second-order valence-corrected chi connectivity index (χ2v) is 1.80. The average molecular weight is 138 g/mol. The SMILES string of the molecule is C=C(CC#N)C(=O)NCC. The maximum absolute atomic E-state index is 10.8. The minimum absolute atomic E-state index is 0.103. The lowest BCUT2D eigenvalue weighted by Gasteiger charge is -1.99. The average Bonchev–Trinajstić information content (AvgIpc) is 1.89. The second kappa shape index (κ2) is 4.57. The van der Waals surface area contributed by atoms with E-state index in [0.29, 0.717) is 12.1 Å². The third kappa shape index (κ3) is 2.88. The zero-order chi connectivity index (χ0) is 7.98. The fourth-order valence-corrected chi connectivity index (χ4v) is 0.461. The minimum atomic E-state index is -0.232. The van der Waals surface area contributed by atoms with Crippen molar-refractivity contribution < 1.29 is 4.79 Å². The normalized spacial score (nSPS) is 8.00. The molecule has 0 aromatic rings. The van der Waals surface area contributed by atoms with Gasteiger partial charge < -0.3 is 5.32 Å². The van der Waals surface area contributed by atoms with E-state index in [1.165, 1.54) is 0 Å². The molecular formula is C7H10N2O. The van der Waals surface area contributed by atoms with Gasteiger partial charge in [-0.3, -0.25) is 4.79 Å². The Hall–Kier alpha value is -1.30. The van der Waals surface area contributed by atoms with Crippen LogP contribution >= 0.6 is 0 Å². The first kappa shape index (κ1) is 8.70. The molecule has 1 N–H and O–H groups in total. The summed E-state index contributed by atoms with van der Waals surface area (Å²) in [5.74, 6) is -0.232. The Morgan fingerprint density at radius 3 is 2.80 bits per heavy atom. The van der Waals surface area contributed by atoms with Crippen LogP contribution in [0.2, 0.25) is 0 Å². The van der Waals surface area contributed by atoms with E-state index in [-0.39, 0.29) is 12.3 Å². The molecule has 0 aromatic carbocycles. The summed E-state index contributed by atoms with van der Waals surface area (Å²) in [7, 11) is 0. The summed E-state index contributed by atoms with van der Waals surface area (Å²) in [6.45, 7) is 5.82. The zero-order valence-corrected chi connectivity index (χ0v) is 5.98. The highest BCUT2D eigenvalue weighted by atomic mass is 16.1. The van der Waals surface area contributed by atoms with Gasteiger partial charge in [0.15, 0.2) is 0 Å². The highest BCUT2D eigenvalue weighted by molar-refractivity contribution is 5.92. The third-order valence-electron chi connectivity index (χ3n) is 0.951. The topological polar surface area (TPSA) is 52.9 Å². The highest BCUT2D eigenvalue weighted by Gasteiger charge is 2.02. The molecule has 0 aliphatic heterocycles. The number of hydrogen-bond donors (Lipinski definition) is 1. The van der Waals surface area contributed by atoms with Crippen LogP contribution in [0.5, 0.6) is 0 Å². The van der Waals surface area contributed by atoms with Crippen molar-refractivity contribution in [1.82, 2.24) is 5.32 Å². The number of carbonyl (C=O) groups is 1. The molecular weight excluding hydrogens is 128 g/mol. The molecule has 10 heavy (non-hydrogen) atoms. The molecule has 0 rings (SSSR count). The van der Waals surface area contributed by atoms with Crippen LogP contribution in [0.15, 0.2) is 12.2 Å². The van der Waals surface area contributed by atoms with Gasteiger partial charge in [-0.25, -0.2) is 0 Å². The van der Waals surface area contributed by atoms with Crippen LogP contribution in [0, 0.1) is 11.3 Å². The van der Waals surface area contributed by atoms with Crippen LogP contribution in [0.1, 0.15) is 13.3 Å². The molecule has 0 radical (unpaired) electrons. The molecule has 0 aliphatic carbocycles. The molecule has 0 saturated heterocycles. The standard InChI is InChI=1S/C7H10N2O/c1-3-9-7(10)6(2)4-5-8/h2-4H2,1H3,(H,9,10). The van der Waals surface area contributed by atoms with E-state index in [2.05, 4.69) is 11.9 Å². The monoisotopic (exact) mass is 138 g/mol. The summed E-state index contributed by atoms with van der Waals surface area (Å²) in [5.41, 5.74) is 0.323. The van der Waals surface area contributed by atoms with Gasteiger partial charge in [0.1, 0.15) is 0 Å². The quantitative estimate of drug-likeness (QED) is 0.580. The lowest BCUT2D eigenvalue weighted by atomic mass is 10.2. The molecule has 0 aromatic heterocycles. The van der Waals surface area contributed by atoms with Crippen molar-refractivity contribution in [1.29, 1.82) is 5.26 Å². The molecule has 0 bridgehead atoms. The van der Waals surface area contributed by atoms with Crippen molar-refractivity contribution in [3.8, 4) is 6.07 Å². The first-order chi connectivity index (χ1) is 4.72. The number of hydrogen-bond acceptors (Lipinski definition) is 2.